The van der Waals surface area contributed by atoms with E-state index in [1.807, 2.05) is 24.3 Å². The minimum atomic E-state index is 0.517. The molecule has 19 heavy (non-hydrogen) atoms. The third kappa shape index (κ3) is 4.32. The number of rotatable bonds is 5. The van der Waals surface area contributed by atoms with Crippen molar-refractivity contribution >= 4 is 0 Å². The molecule has 0 saturated carbocycles. The number of ether oxygens (including phenoxy) is 1. The normalized spacial score (nSPS) is 17.9. The molecule has 1 heterocycles. The molecule has 1 atom stereocenters. The van der Waals surface area contributed by atoms with Crippen molar-refractivity contribution in [1.29, 1.82) is 5.26 Å². The number of hydrogen-bond acceptors (Lipinski definition) is 4. The fourth-order valence-electron chi connectivity index (χ4n) is 2.32. The molecule has 1 aromatic rings. The molecule has 0 radical (unpaired) electrons. The van der Waals surface area contributed by atoms with Crippen molar-refractivity contribution in [2.24, 2.45) is 0 Å². The van der Waals surface area contributed by atoms with E-state index >= 15 is 0 Å². The zero-order chi connectivity index (χ0) is 13.5. The van der Waals surface area contributed by atoms with Crippen LogP contribution in [0.4, 0.5) is 0 Å². The van der Waals surface area contributed by atoms with Gasteiger partial charge in [-0.15, -0.1) is 0 Å². The minimum absolute atomic E-state index is 0.517. The van der Waals surface area contributed by atoms with E-state index < -0.39 is 0 Å². The Hall–Kier alpha value is -1.41. The Labute approximate surface area is 115 Å². The van der Waals surface area contributed by atoms with Crippen LogP contribution in [0.3, 0.4) is 0 Å². The van der Waals surface area contributed by atoms with E-state index in [1.54, 1.807) is 0 Å². The molecule has 1 aliphatic heterocycles. The standard InChI is InChI=1S/C15H21N3O/c1-13(18-5-7-19-8-6-18)11-17-12-15-4-2-3-14(9-15)10-16/h2-4,9,13,17H,5-8,11-12H2,1H3. The summed E-state index contributed by atoms with van der Waals surface area (Å²) in [6, 6.07) is 10.4. The first-order valence-corrected chi connectivity index (χ1v) is 6.81. The van der Waals surface area contributed by atoms with E-state index in [9.17, 15) is 0 Å². The summed E-state index contributed by atoms with van der Waals surface area (Å²) in [5.41, 5.74) is 1.88. The second kappa shape index (κ2) is 7.25. The summed E-state index contributed by atoms with van der Waals surface area (Å²) in [4.78, 5) is 2.45. The molecule has 1 aliphatic rings. The van der Waals surface area contributed by atoms with Gasteiger partial charge in [-0.25, -0.2) is 0 Å². The Morgan fingerprint density at radius 3 is 2.95 bits per heavy atom. The van der Waals surface area contributed by atoms with Gasteiger partial charge in [0.2, 0.25) is 0 Å². The van der Waals surface area contributed by atoms with E-state index in [0.29, 0.717) is 6.04 Å². The minimum Gasteiger partial charge on any atom is -0.379 e. The first kappa shape index (κ1) is 14.0. The molecule has 1 N–H and O–H groups in total. The number of nitriles is 1. The number of benzene rings is 1. The van der Waals surface area contributed by atoms with E-state index in [0.717, 1.165) is 50.5 Å². The van der Waals surface area contributed by atoms with E-state index in [-0.39, 0.29) is 0 Å². The molecular formula is C15H21N3O. The Morgan fingerprint density at radius 2 is 2.21 bits per heavy atom. The lowest BCUT2D eigenvalue weighted by molar-refractivity contribution is 0.0203. The van der Waals surface area contributed by atoms with Crippen LogP contribution in [0, 0.1) is 11.3 Å². The Balaban J connectivity index is 1.74. The first-order valence-electron chi connectivity index (χ1n) is 6.81. The molecule has 1 unspecified atom stereocenters. The number of hydrogen-bond donors (Lipinski definition) is 1. The van der Waals surface area contributed by atoms with Gasteiger partial charge in [0.25, 0.3) is 0 Å². The van der Waals surface area contributed by atoms with Gasteiger partial charge in [-0.05, 0) is 24.6 Å². The van der Waals surface area contributed by atoms with E-state index in [1.165, 1.54) is 0 Å². The van der Waals surface area contributed by atoms with Crippen LogP contribution in [-0.4, -0.2) is 43.8 Å². The van der Waals surface area contributed by atoms with Gasteiger partial charge in [-0.1, -0.05) is 12.1 Å². The summed E-state index contributed by atoms with van der Waals surface area (Å²) in [6.07, 6.45) is 0. The molecule has 102 valence electrons. The number of nitrogens with one attached hydrogen (secondary N) is 1. The van der Waals surface area contributed by atoms with E-state index in [2.05, 4.69) is 23.2 Å². The highest BCUT2D eigenvalue weighted by atomic mass is 16.5. The summed E-state index contributed by atoms with van der Waals surface area (Å²) < 4.78 is 5.36. The van der Waals surface area contributed by atoms with Crippen LogP contribution >= 0.6 is 0 Å². The van der Waals surface area contributed by atoms with Gasteiger partial charge in [0.05, 0.1) is 24.8 Å². The van der Waals surface area contributed by atoms with Crippen molar-refractivity contribution in [1.82, 2.24) is 10.2 Å². The second-order valence-electron chi connectivity index (χ2n) is 4.94. The summed E-state index contributed by atoms with van der Waals surface area (Å²) in [5, 5.41) is 12.3. The maximum atomic E-state index is 8.86. The number of nitrogens with zero attached hydrogens (tertiary/aromatic N) is 2. The van der Waals surface area contributed by atoms with Gasteiger partial charge in [-0.2, -0.15) is 5.26 Å². The summed E-state index contributed by atoms with van der Waals surface area (Å²) in [5.74, 6) is 0. The average Bonchev–Trinajstić information content (AvgIpc) is 2.48. The summed E-state index contributed by atoms with van der Waals surface area (Å²) in [7, 11) is 0. The fourth-order valence-corrected chi connectivity index (χ4v) is 2.32. The fraction of sp³-hybridized carbons (Fsp3) is 0.533. The largest absolute Gasteiger partial charge is 0.379 e. The van der Waals surface area contributed by atoms with Crippen LogP contribution in [0.5, 0.6) is 0 Å². The first-order chi connectivity index (χ1) is 9.29. The monoisotopic (exact) mass is 259 g/mol. The van der Waals surface area contributed by atoms with Gasteiger partial charge in [-0.3, -0.25) is 4.90 Å². The predicted molar refractivity (Wildman–Crippen MR) is 74.7 cm³/mol. The molecule has 0 aromatic heterocycles. The van der Waals surface area contributed by atoms with Crippen molar-refractivity contribution in [3.05, 3.63) is 35.4 Å². The average molecular weight is 259 g/mol. The van der Waals surface area contributed by atoms with Crippen LogP contribution in [-0.2, 0) is 11.3 Å². The molecule has 4 heteroatoms. The topological polar surface area (TPSA) is 48.3 Å². The van der Waals surface area contributed by atoms with Crippen LogP contribution in [0.15, 0.2) is 24.3 Å². The van der Waals surface area contributed by atoms with Gasteiger partial charge < -0.3 is 10.1 Å². The second-order valence-corrected chi connectivity index (χ2v) is 4.94. The SMILES string of the molecule is CC(CNCc1cccc(C#N)c1)N1CCOCC1. The lowest BCUT2D eigenvalue weighted by Crippen LogP contribution is -2.46. The van der Waals surface area contributed by atoms with Crippen molar-refractivity contribution in [2.75, 3.05) is 32.8 Å². The van der Waals surface area contributed by atoms with Gasteiger partial charge in [0.15, 0.2) is 0 Å². The van der Waals surface area contributed by atoms with Crippen LogP contribution in [0.1, 0.15) is 18.1 Å². The molecular weight excluding hydrogens is 238 g/mol. The third-order valence-corrected chi connectivity index (χ3v) is 3.49. The lowest BCUT2D eigenvalue weighted by atomic mass is 10.1. The highest BCUT2D eigenvalue weighted by molar-refractivity contribution is 5.32. The zero-order valence-electron chi connectivity index (χ0n) is 11.4. The van der Waals surface area contributed by atoms with Gasteiger partial charge in [0.1, 0.15) is 0 Å². The highest BCUT2D eigenvalue weighted by Crippen LogP contribution is 2.05. The van der Waals surface area contributed by atoms with Crippen LogP contribution in [0.25, 0.3) is 0 Å². The summed E-state index contributed by atoms with van der Waals surface area (Å²) in [6.45, 7) is 7.73. The quantitative estimate of drug-likeness (QED) is 0.867. The molecule has 2 rings (SSSR count). The van der Waals surface area contributed by atoms with Crippen LogP contribution < -0.4 is 5.32 Å². The Bertz CT molecular complexity index is 435. The molecule has 1 saturated heterocycles. The maximum absolute atomic E-state index is 8.86. The molecule has 4 nitrogen and oxygen atoms in total. The molecule has 1 aromatic carbocycles. The smallest absolute Gasteiger partial charge is 0.0991 e. The molecule has 0 spiro atoms. The van der Waals surface area contributed by atoms with Crippen molar-refractivity contribution in [2.45, 2.75) is 19.5 Å². The Kier molecular flexibility index (Phi) is 5.34. The molecule has 0 aliphatic carbocycles. The predicted octanol–water partition coefficient (Wildman–Crippen LogP) is 1.37. The van der Waals surface area contributed by atoms with Gasteiger partial charge >= 0.3 is 0 Å². The highest BCUT2D eigenvalue weighted by Gasteiger charge is 2.16. The number of morpholine rings is 1. The van der Waals surface area contributed by atoms with Crippen LogP contribution in [0.2, 0.25) is 0 Å². The van der Waals surface area contributed by atoms with Crippen molar-refractivity contribution in [3.63, 3.8) is 0 Å². The van der Waals surface area contributed by atoms with Gasteiger partial charge in [0, 0.05) is 32.2 Å². The zero-order valence-corrected chi connectivity index (χ0v) is 11.4. The Morgan fingerprint density at radius 1 is 1.42 bits per heavy atom. The third-order valence-electron chi connectivity index (χ3n) is 3.49. The lowest BCUT2D eigenvalue weighted by Gasteiger charge is -2.32. The summed E-state index contributed by atoms with van der Waals surface area (Å²) >= 11 is 0. The molecule has 0 bridgehead atoms. The maximum Gasteiger partial charge on any atom is 0.0991 e. The molecule has 0 amide bonds. The van der Waals surface area contributed by atoms with E-state index in [4.69, 9.17) is 10.00 Å². The molecule has 1 fully saturated rings. The van der Waals surface area contributed by atoms with Crippen molar-refractivity contribution < 1.29 is 4.74 Å². The van der Waals surface area contributed by atoms with Crippen molar-refractivity contribution in [3.8, 4) is 6.07 Å².